The van der Waals surface area contributed by atoms with Crippen LogP contribution in [0.4, 0.5) is 0 Å². The molecule has 0 fully saturated rings. The standard InChI is InChI=1S/C12H22O5/c1-11(2,10(15)16-4)12(3,17-5)8-6-7-9(13)14/h6-8H2,1-5H3,(H,13,14). The molecule has 0 amide bonds. The van der Waals surface area contributed by atoms with Crippen LogP contribution in [0.2, 0.25) is 0 Å². The topological polar surface area (TPSA) is 72.8 Å². The molecule has 17 heavy (non-hydrogen) atoms. The molecule has 0 aliphatic heterocycles. The van der Waals surface area contributed by atoms with Crippen LogP contribution in [0.3, 0.4) is 0 Å². The fourth-order valence-electron chi connectivity index (χ4n) is 1.72. The van der Waals surface area contributed by atoms with Crippen LogP contribution < -0.4 is 0 Å². The summed E-state index contributed by atoms with van der Waals surface area (Å²) >= 11 is 0. The van der Waals surface area contributed by atoms with Gasteiger partial charge in [0, 0.05) is 13.5 Å². The Morgan fingerprint density at radius 2 is 1.71 bits per heavy atom. The van der Waals surface area contributed by atoms with Crippen molar-refractivity contribution in [1.29, 1.82) is 0 Å². The lowest BCUT2D eigenvalue weighted by Gasteiger charge is -2.40. The molecule has 0 heterocycles. The summed E-state index contributed by atoms with van der Waals surface area (Å²) in [7, 11) is 2.85. The Morgan fingerprint density at radius 3 is 2.06 bits per heavy atom. The molecule has 1 unspecified atom stereocenters. The van der Waals surface area contributed by atoms with Crippen molar-refractivity contribution in [3.8, 4) is 0 Å². The van der Waals surface area contributed by atoms with Gasteiger partial charge in [0.25, 0.3) is 0 Å². The van der Waals surface area contributed by atoms with Gasteiger partial charge in [-0.05, 0) is 33.6 Å². The molecular weight excluding hydrogens is 224 g/mol. The largest absolute Gasteiger partial charge is 0.481 e. The van der Waals surface area contributed by atoms with Crippen molar-refractivity contribution >= 4 is 11.9 Å². The van der Waals surface area contributed by atoms with Crippen LogP contribution in [0.15, 0.2) is 0 Å². The van der Waals surface area contributed by atoms with E-state index < -0.39 is 17.0 Å². The van der Waals surface area contributed by atoms with E-state index in [1.165, 1.54) is 14.2 Å². The first kappa shape index (κ1) is 15.9. The summed E-state index contributed by atoms with van der Waals surface area (Å²) in [5, 5.41) is 8.61. The van der Waals surface area contributed by atoms with Gasteiger partial charge >= 0.3 is 11.9 Å². The van der Waals surface area contributed by atoms with Crippen LogP contribution in [0.5, 0.6) is 0 Å². The number of aliphatic carboxylic acids is 1. The van der Waals surface area contributed by atoms with Crippen LogP contribution in [-0.2, 0) is 19.1 Å². The Labute approximate surface area is 102 Å². The van der Waals surface area contributed by atoms with E-state index in [1.807, 2.05) is 0 Å². The van der Waals surface area contributed by atoms with Crippen LogP contribution in [0.25, 0.3) is 0 Å². The number of hydrogen-bond acceptors (Lipinski definition) is 4. The Bertz CT molecular complexity index is 285. The molecule has 0 spiro atoms. The highest BCUT2D eigenvalue weighted by atomic mass is 16.5. The maximum absolute atomic E-state index is 11.7. The number of carboxylic acids is 1. The van der Waals surface area contributed by atoms with Gasteiger partial charge in [0.1, 0.15) is 0 Å². The van der Waals surface area contributed by atoms with Crippen molar-refractivity contribution in [2.75, 3.05) is 14.2 Å². The SMILES string of the molecule is COC(=O)C(C)(C)C(C)(CCCC(=O)O)OC. The molecule has 0 radical (unpaired) electrons. The molecule has 0 aliphatic rings. The molecule has 5 heteroatoms. The lowest BCUT2D eigenvalue weighted by Crippen LogP contribution is -2.49. The molecule has 5 nitrogen and oxygen atoms in total. The molecule has 0 rings (SSSR count). The number of esters is 1. The molecule has 0 aromatic carbocycles. The van der Waals surface area contributed by atoms with Gasteiger partial charge in [0.15, 0.2) is 0 Å². The Balaban J connectivity index is 4.75. The first-order valence-corrected chi connectivity index (χ1v) is 5.56. The van der Waals surface area contributed by atoms with Crippen molar-refractivity contribution in [3.05, 3.63) is 0 Å². The van der Waals surface area contributed by atoms with Gasteiger partial charge in [0.05, 0.1) is 18.1 Å². The summed E-state index contributed by atoms with van der Waals surface area (Å²) in [5.74, 6) is -1.21. The van der Waals surface area contributed by atoms with Crippen LogP contribution >= 0.6 is 0 Å². The van der Waals surface area contributed by atoms with Gasteiger partial charge in [-0.2, -0.15) is 0 Å². The second-order valence-corrected chi connectivity index (χ2v) is 4.80. The fourth-order valence-corrected chi connectivity index (χ4v) is 1.72. The monoisotopic (exact) mass is 246 g/mol. The number of methoxy groups -OCH3 is 2. The minimum absolute atomic E-state index is 0.0657. The van der Waals surface area contributed by atoms with Crippen LogP contribution in [0.1, 0.15) is 40.0 Å². The van der Waals surface area contributed by atoms with Crippen molar-refractivity contribution in [2.45, 2.75) is 45.6 Å². The van der Waals surface area contributed by atoms with Crippen molar-refractivity contribution in [3.63, 3.8) is 0 Å². The number of ether oxygens (including phenoxy) is 2. The van der Waals surface area contributed by atoms with Gasteiger partial charge < -0.3 is 14.6 Å². The summed E-state index contributed by atoms with van der Waals surface area (Å²) in [4.78, 5) is 22.2. The molecule has 1 N–H and O–H groups in total. The van der Waals surface area contributed by atoms with E-state index in [4.69, 9.17) is 14.6 Å². The number of hydrogen-bond donors (Lipinski definition) is 1. The number of rotatable bonds is 7. The van der Waals surface area contributed by atoms with Crippen molar-refractivity contribution in [1.82, 2.24) is 0 Å². The summed E-state index contributed by atoms with van der Waals surface area (Å²) in [6, 6.07) is 0. The third kappa shape index (κ3) is 3.70. The first-order valence-electron chi connectivity index (χ1n) is 5.56. The zero-order chi connectivity index (χ0) is 13.7. The summed E-state index contributed by atoms with van der Waals surface area (Å²) in [5.41, 5.74) is -1.56. The fraction of sp³-hybridized carbons (Fsp3) is 0.833. The van der Waals surface area contributed by atoms with Gasteiger partial charge in [-0.3, -0.25) is 9.59 Å². The first-order chi connectivity index (χ1) is 7.71. The molecule has 0 aromatic heterocycles. The highest BCUT2D eigenvalue weighted by molar-refractivity contribution is 5.77. The van der Waals surface area contributed by atoms with Gasteiger partial charge in [0.2, 0.25) is 0 Å². The number of carbonyl (C=O) groups is 2. The van der Waals surface area contributed by atoms with E-state index in [0.717, 1.165) is 0 Å². The van der Waals surface area contributed by atoms with E-state index >= 15 is 0 Å². The van der Waals surface area contributed by atoms with Gasteiger partial charge in [-0.15, -0.1) is 0 Å². The van der Waals surface area contributed by atoms with Crippen LogP contribution in [0, 0.1) is 5.41 Å². The highest BCUT2D eigenvalue weighted by Gasteiger charge is 2.47. The zero-order valence-corrected chi connectivity index (χ0v) is 11.2. The lowest BCUT2D eigenvalue weighted by atomic mass is 9.73. The van der Waals surface area contributed by atoms with Crippen molar-refractivity contribution < 1.29 is 24.2 Å². The molecule has 0 bridgehead atoms. The molecule has 0 saturated heterocycles. The summed E-state index contributed by atoms with van der Waals surface area (Å²) in [6.07, 6.45) is 1.01. The third-order valence-corrected chi connectivity index (χ3v) is 3.51. The maximum atomic E-state index is 11.7. The van der Waals surface area contributed by atoms with Crippen LogP contribution in [-0.4, -0.2) is 36.9 Å². The van der Waals surface area contributed by atoms with E-state index in [2.05, 4.69) is 0 Å². The van der Waals surface area contributed by atoms with E-state index in [1.54, 1.807) is 20.8 Å². The predicted octanol–water partition coefficient (Wildman–Crippen LogP) is 1.85. The molecule has 100 valence electrons. The summed E-state index contributed by atoms with van der Waals surface area (Å²) in [6.45, 7) is 5.28. The second kappa shape index (κ2) is 6.00. The predicted molar refractivity (Wildman–Crippen MR) is 62.7 cm³/mol. The lowest BCUT2D eigenvalue weighted by molar-refractivity contribution is -0.171. The minimum Gasteiger partial charge on any atom is -0.481 e. The Hall–Kier alpha value is -1.10. The number of carboxylic acid groups (broad SMARTS) is 1. The molecule has 0 saturated carbocycles. The van der Waals surface area contributed by atoms with Gasteiger partial charge in [-0.1, -0.05) is 0 Å². The smallest absolute Gasteiger partial charge is 0.314 e. The molecule has 0 aromatic rings. The average molecular weight is 246 g/mol. The molecule has 1 atom stereocenters. The molecular formula is C12H22O5. The second-order valence-electron chi connectivity index (χ2n) is 4.80. The normalized spacial score (nSPS) is 15.1. The third-order valence-electron chi connectivity index (χ3n) is 3.51. The highest BCUT2D eigenvalue weighted by Crippen LogP contribution is 2.38. The van der Waals surface area contributed by atoms with E-state index in [-0.39, 0.29) is 12.4 Å². The van der Waals surface area contributed by atoms with E-state index in [9.17, 15) is 9.59 Å². The quantitative estimate of drug-likeness (QED) is 0.694. The average Bonchev–Trinajstić information content (AvgIpc) is 2.26. The zero-order valence-electron chi connectivity index (χ0n) is 11.2. The minimum atomic E-state index is -0.848. The maximum Gasteiger partial charge on any atom is 0.314 e. The number of carbonyl (C=O) groups excluding carboxylic acids is 1. The molecule has 0 aliphatic carbocycles. The Morgan fingerprint density at radius 1 is 1.18 bits per heavy atom. The van der Waals surface area contributed by atoms with E-state index in [0.29, 0.717) is 12.8 Å². The van der Waals surface area contributed by atoms with Gasteiger partial charge in [-0.25, -0.2) is 0 Å². The van der Waals surface area contributed by atoms with Crippen molar-refractivity contribution in [2.24, 2.45) is 5.41 Å². The Kier molecular flexibility index (Phi) is 5.61. The summed E-state index contributed by atoms with van der Waals surface area (Å²) < 4.78 is 10.2.